The van der Waals surface area contributed by atoms with Crippen LogP contribution in [-0.2, 0) is 23.7 Å². The minimum Gasteiger partial charge on any atom is -0.459 e. The third-order valence-corrected chi connectivity index (χ3v) is 7.46. The van der Waals surface area contributed by atoms with E-state index >= 15 is 0 Å². The number of ether oxygens (including phenoxy) is 5. The molecule has 1 fully saturated rings. The quantitative estimate of drug-likeness (QED) is 0.128. The van der Waals surface area contributed by atoms with Crippen molar-refractivity contribution in [1.29, 1.82) is 0 Å². The van der Waals surface area contributed by atoms with Crippen LogP contribution in [0, 0.1) is 0 Å². The zero-order chi connectivity index (χ0) is 30.9. The standard InChI is InChI=1S/C34H27BrO9/c35-30-29(44-34(39)25-19-11-4-12-20-25)28(43-33(38)24-17-9-3-10-18-24)27(42-32(37)23-15-7-2-8-16-23)26(41-30)21-40-31(36)22-13-5-1-6-14-22/h1-20,26-30H,21H2/t26-,27-,28+,29+,30-/m0/s1. The van der Waals surface area contributed by atoms with Crippen molar-refractivity contribution in [2.45, 2.75) is 29.4 Å². The number of benzene rings is 4. The maximum absolute atomic E-state index is 13.3. The summed E-state index contributed by atoms with van der Waals surface area (Å²) in [7, 11) is 0. The van der Waals surface area contributed by atoms with Gasteiger partial charge in [0, 0.05) is 0 Å². The van der Waals surface area contributed by atoms with Crippen molar-refractivity contribution in [3.63, 3.8) is 0 Å². The van der Waals surface area contributed by atoms with E-state index in [2.05, 4.69) is 15.9 Å². The molecule has 0 bridgehead atoms. The fraction of sp³-hybridized carbons (Fsp3) is 0.176. The summed E-state index contributed by atoms with van der Waals surface area (Å²) in [5, 5.41) is -1.05. The molecule has 0 unspecified atom stereocenters. The van der Waals surface area contributed by atoms with Crippen LogP contribution in [0.25, 0.3) is 0 Å². The molecule has 0 saturated carbocycles. The molecule has 0 aromatic heterocycles. The number of alkyl halides is 1. The van der Waals surface area contributed by atoms with Gasteiger partial charge in [-0.2, -0.15) is 0 Å². The molecule has 1 aliphatic heterocycles. The molecule has 224 valence electrons. The Balaban J connectivity index is 1.48. The summed E-state index contributed by atoms with van der Waals surface area (Å²) >= 11 is 3.40. The van der Waals surface area contributed by atoms with Crippen LogP contribution in [0.5, 0.6) is 0 Å². The van der Waals surface area contributed by atoms with Gasteiger partial charge in [-0.1, -0.05) is 88.7 Å². The number of carbonyl (C=O) groups excluding carboxylic acids is 4. The molecule has 10 heteroatoms. The summed E-state index contributed by atoms with van der Waals surface area (Å²) in [5.74, 6) is -2.85. The van der Waals surface area contributed by atoms with Crippen molar-refractivity contribution in [1.82, 2.24) is 0 Å². The highest BCUT2D eigenvalue weighted by Gasteiger charge is 2.52. The number of carbonyl (C=O) groups is 4. The molecule has 1 saturated heterocycles. The molecular weight excluding hydrogens is 632 g/mol. The minimum absolute atomic E-state index is 0.221. The van der Waals surface area contributed by atoms with E-state index in [0.717, 1.165) is 0 Å². The first-order chi connectivity index (χ1) is 21.4. The lowest BCUT2D eigenvalue weighted by Gasteiger charge is -2.43. The number of esters is 4. The molecular formula is C34H27BrO9. The monoisotopic (exact) mass is 658 g/mol. The van der Waals surface area contributed by atoms with Crippen LogP contribution in [0.4, 0.5) is 0 Å². The first-order valence-electron chi connectivity index (χ1n) is 13.7. The largest absolute Gasteiger partial charge is 0.459 e. The molecule has 0 amide bonds. The minimum atomic E-state index is -1.37. The van der Waals surface area contributed by atoms with Gasteiger partial charge in [0.05, 0.1) is 22.3 Å². The van der Waals surface area contributed by atoms with Gasteiger partial charge in [-0.05, 0) is 48.5 Å². The average Bonchev–Trinajstić information content (AvgIpc) is 3.07. The fourth-order valence-corrected chi connectivity index (χ4v) is 5.20. The van der Waals surface area contributed by atoms with Crippen LogP contribution < -0.4 is 0 Å². The van der Waals surface area contributed by atoms with Crippen LogP contribution in [-0.4, -0.2) is 59.9 Å². The van der Waals surface area contributed by atoms with Crippen LogP contribution >= 0.6 is 15.9 Å². The van der Waals surface area contributed by atoms with Crippen LogP contribution in [0.3, 0.4) is 0 Å². The Morgan fingerprint density at radius 2 is 0.841 bits per heavy atom. The topological polar surface area (TPSA) is 114 Å². The van der Waals surface area contributed by atoms with E-state index in [4.69, 9.17) is 23.7 Å². The zero-order valence-corrected chi connectivity index (χ0v) is 24.8. The molecule has 1 aliphatic rings. The highest BCUT2D eigenvalue weighted by atomic mass is 79.9. The second-order valence-corrected chi connectivity index (χ2v) is 10.6. The van der Waals surface area contributed by atoms with Crippen molar-refractivity contribution in [2.75, 3.05) is 6.61 Å². The lowest BCUT2D eigenvalue weighted by atomic mass is 9.99. The van der Waals surface area contributed by atoms with E-state index in [-0.39, 0.29) is 23.3 Å². The predicted octanol–water partition coefficient (Wildman–Crippen LogP) is 5.64. The summed E-state index contributed by atoms with van der Waals surface area (Å²) in [4.78, 5) is 52.6. The number of hydrogen-bond acceptors (Lipinski definition) is 9. The molecule has 5 rings (SSSR count). The third kappa shape index (κ3) is 7.58. The van der Waals surface area contributed by atoms with Crippen molar-refractivity contribution < 1.29 is 42.9 Å². The molecule has 1 heterocycles. The highest BCUT2D eigenvalue weighted by Crippen LogP contribution is 2.33. The fourth-order valence-electron chi connectivity index (χ4n) is 4.51. The van der Waals surface area contributed by atoms with E-state index in [1.807, 2.05) is 0 Å². The van der Waals surface area contributed by atoms with Crippen molar-refractivity contribution >= 4 is 39.8 Å². The van der Waals surface area contributed by atoms with E-state index in [9.17, 15) is 19.2 Å². The maximum atomic E-state index is 13.3. The highest BCUT2D eigenvalue weighted by molar-refractivity contribution is 9.09. The molecule has 5 atom stereocenters. The third-order valence-electron chi connectivity index (χ3n) is 6.72. The number of halogens is 1. The summed E-state index contributed by atoms with van der Waals surface area (Å²) < 4.78 is 29.3. The Morgan fingerprint density at radius 3 is 1.25 bits per heavy atom. The van der Waals surface area contributed by atoms with Crippen LogP contribution in [0.2, 0.25) is 0 Å². The van der Waals surface area contributed by atoms with Crippen LogP contribution in [0.1, 0.15) is 41.4 Å². The van der Waals surface area contributed by atoms with E-state index < -0.39 is 53.3 Å². The summed E-state index contributed by atoms with van der Waals surface area (Å²) in [6, 6.07) is 32.9. The summed E-state index contributed by atoms with van der Waals surface area (Å²) in [5.41, 5.74) is 0.994. The van der Waals surface area contributed by atoms with E-state index in [1.165, 1.54) is 0 Å². The van der Waals surface area contributed by atoms with Gasteiger partial charge in [-0.15, -0.1) is 0 Å². The van der Waals surface area contributed by atoms with Gasteiger partial charge in [0.25, 0.3) is 0 Å². The first-order valence-corrected chi connectivity index (χ1v) is 14.6. The van der Waals surface area contributed by atoms with Gasteiger partial charge in [0.2, 0.25) is 0 Å². The van der Waals surface area contributed by atoms with Gasteiger partial charge in [-0.3, -0.25) is 0 Å². The molecule has 0 aliphatic carbocycles. The van der Waals surface area contributed by atoms with Crippen molar-refractivity contribution in [3.05, 3.63) is 144 Å². The summed E-state index contributed by atoms with van der Waals surface area (Å²) in [6.45, 7) is -0.374. The Kier molecular flexibility index (Phi) is 10.2. The van der Waals surface area contributed by atoms with Crippen molar-refractivity contribution in [3.8, 4) is 0 Å². The van der Waals surface area contributed by atoms with Gasteiger partial charge >= 0.3 is 23.9 Å². The van der Waals surface area contributed by atoms with Gasteiger partial charge in [0.1, 0.15) is 12.7 Å². The van der Waals surface area contributed by atoms with Crippen LogP contribution in [0.15, 0.2) is 121 Å². The first kappa shape index (κ1) is 30.7. The molecule has 4 aromatic rings. The smallest absolute Gasteiger partial charge is 0.338 e. The lowest BCUT2D eigenvalue weighted by molar-refractivity contribution is -0.205. The average molecular weight is 659 g/mol. The van der Waals surface area contributed by atoms with Crippen molar-refractivity contribution in [2.24, 2.45) is 0 Å². The normalized spacial score (nSPS) is 21.0. The maximum Gasteiger partial charge on any atom is 0.338 e. The second-order valence-electron chi connectivity index (χ2n) is 9.70. The molecule has 0 radical (unpaired) electrons. The van der Waals surface area contributed by atoms with Gasteiger partial charge in [-0.25, -0.2) is 19.2 Å². The zero-order valence-electron chi connectivity index (χ0n) is 23.2. The van der Waals surface area contributed by atoms with Gasteiger partial charge in [0.15, 0.2) is 23.3 Å². The predicted molar refractivity (Wildman–Crippen MR) is 161 cm³/mol. The SMILES string of the molecule is O=C(OC[C@@H]1O[C@H](Br)[C@H](OC(=O)c2ccccc2)[C@H](OC(=O)c2ccccc2)[C@H]1OC(=O)c1ccccc1)c1ccccc1. The molecule has 0 spiro atoms. The second kappa shape index (κ2) is 14.6. The molecule has 9 nitrogen and oxygen atoms in total. The number of hydrogen-bond donors (Lipinski definition) is 0. The Morgan fingerprint density at radius 1 is 0.500 bits per heavy atom. The Bertz CT molecular complexity index is 1570. The molecule has 44 heavy (non-hydrogen) atoms. The van der Waals surface area contributed by atoms with Gasteiger partial charge < -0.3 is 23.7 Å². The molecule has 4 aromatic carbocycles. The van der Waals surface area contributed by atoms with E-state index in [0.29, 0.717) is 5.56 Å². The number of rotatable bonds is 9. The van der Waals surface area contributed by atoms with E-state index in [1.54, 1.807) is 121 Å². The Labute approximate surface area is 261 Å². The summed E-state index contributed by atoms with van der Waals surface area (Å²) in [6.07, 6.45) is -5.13. The Hall–Kier alpha value is -4.80. The lowest BCUT2D eigenvalue weighted by Crippen LogP contribution is -2.61. The molecule has 0 N–H and O–H groups in total.